The van der Waals surface area contributed by atoms with Gasteiger partial charge in [0, 0.05) is 11.7 Å². The number of amides is 1. The van der Waals surface area contributed by atoms with E-state index in [1.165, 1.54) is 0 Å². The van der Waals surface area contributed by atoms with E-state index in [1.54, 1.807) is 6.07 Å². The smallest absolute Gasteiger partial charge is 0.271 e. The van der Waals surface area contributed by atoms with E-state index in [-0.39, 0.29) is 11.9 Å². The predicted molar refractivity (Wildman–Crippen MR) is 59.7 cm³/mol. The number of hydrogen-bond donors (Lipinski definition) is 2. The first-order valence-corrected chi connectivity index (χ1v) is 5.39. The summed E-state index contributed by atoms with van der Waals surface area (Å²) in [4.78, 5) is 11.7. The van der Waals surface area contributed by atoms with Crippen molar-refractivity contribution in [3.05, 3.63) is 17.5 Å². The average molecular weight is 209 g/mol. The van der Waals surface area contributed by atoms with E-state index in [0.29, 0.717) is 11.6 Å². The number of carbonyl (C=O) groups excluding carboxylic acids is 1. The van der Waals surface area contributed by atoms with Crippen molar-refractivity contribution in [2.45, 2.75) is 40.2 Å². The quantitative estimate of drug-likeness (QED) is 0.793. The molecular formula is C11H19N3O. The fraction of sp³-hybridized carbons (Fsp3) is 0.636. The van der Waals surface area contributed by atoms with Crippen LogP contribution in [0.3, 0.4) is 0 Å². The molecule has 1 amide bonds. The van der Waals surface area contributed by atoms with Gasteiger partial charge in [0.15, 0.2) is 0 Å². The number of nitrogens with zero attached hydrogens (tertiary/aromatic N) is 1. The van der Waals surface area contributed by atoms with Crippen molar-refractivity contribution < 1.29 is 4.79 Å². The van der Waals surface area contributed by atoms with E-state index in [1.807, 2.05) is 13.8 Å². The number of aromatic amines is 1. The molecule has 4 nitrogen and oxygen atoms in total. The summed E-state index contributed by atoms with van der Waals surface area (Å²) < 4.78 is 0. The van der Waals surface area contributed by atoms with Gasteiger partial charge in [-0.15, -0.1) is 0 Å². The van der Waals surface area contributed by atoms with Crippen LogP contribution in [0.15, 0.2) is 6.07 Å². The summed E-state index contributed by atoms with van der Waals surface area (Å²) in [5.74, 6) is 0.325. The van der Waals surface area contributed by atoms with Gasteiger partial charge < -0.3 is 5.32 Å². The van der Waals surface area contributed by atoms with Crippen molar-refractivity contribution in [3.8, 4) is 0 Å². The standard InChI is InChI=1S/C11H19N3O/c1-5-9-6-10(14-13-9)11(15)12-8(4)7(2)3/h6-8H,5H2,1-4H3,(H,12,15)(H,13,14). The number of hydrogen-bond acceptors (Lipinski definition) is 2. The van der Waals surface area contributed by atoms with Crippen LogP contribution in [0.25, 0.3) is 0 Å². The second-order valence-electron chi connectivity index (χ2n) is 4.14. The van der Waals surface area contributed by atoms with Crippen molar-refractivity contribution in [3.63, 3.8) is 0 Å². The lowest BCUT2D eigenvalue weighted by Gasteiger charge is -2.16. The van der Waals surface area contributed by atoms with Crippen LogP contribution in [0.1, 0.15) is 43.9 Å². The second kappa shape index (κ2) is 4.96. The van der Waals surface area contributed by atoms with Crippen LogP contribution in [0.4, 0.5) is 0 Å². The Kier molecular flexibility index (Phi) is 3.88. The zero-order valence-corrected chi connectivity index (χ0v) is 9.79. The molecule has 1 unspecified atom stereocenters. The molecule has 0 bridgehead atoms. The summed E-state index contributed by atoms with van der Waals surface area (Å²) >= 11 is 0. The largest absolute Gasteiger partial charge is 0.348 e. The molecule has 84 valence electrons. The molecule has 0 radical (unpaired) electrons. The van der Waals surface area contributed by atoms with Crippen molar-refractivity contribution in [1.82, 2.24) is 15.5 Å². The Bertz CT molecular complexity index is 330. The lowest BCUT2D eigenvalue weighted by molar-refractivity contribution is 0.0925. The molecule has 1 atom stereocenters. The second-order valence-corrected chi connectivity index (χ2v) is 4.14. The molecule has 0 aromatic carbocycles. The van der Waals surface area contributed by atoms with Gasteiger partial charge >= 0.3 is 0 Å². The number of aryl methyl sites for hydroxylation is 1. The molecule has 0 saturated carbocycles. The minimum absolute atomic E-state index is 0.104. The van der Waals surface area contributed by atoms with Crippen LogP contribution in [0.2, 0.25) is 0 Å². The molecule has 1 heterocycles. The first-order valence-electron chi connectivity index (χ1n) is 5.39. The Hall–Kier alpha value is -1.32. The monoisotopic (exact) mass is 209 g/mol. The molecule has 0 aliphatic heterocycles. The van der Waals surface area contributed by atoms with Crippen LogP contribution in [0, 0.1) is 5.92 Å². The van der Waals surface area contributed by atoms with Gasteiger partial charge in [-0.25, -0.2) is 0 Å². The Balaban J connectivity index is 2.61. The van der Waals surface area contributed by atoms with Crippen LogP contribution in [0.5, 0.6) is 0 Å². The van der Waals surface area contributed by atoms with Crippen molar-refractivity contribution in [1.29, 1.82) is 0 Å². The number of carbonyl (C=O) groups is 1. The lowest BCUT2D eigenvalue weighted by Crippen LogP contribution is -2.36. The van der Waals surface area contributed by atoms with Gasteiger partial charge in [0.2, 0.25) is 0 Å². The van der Waals surface area contributed by atoms with Crippen molar-refractivity contribution in [2.24, 2.45) is 5.92 Å². The molecule has 0 saturated heterocycles. The average Bonchev–Trinajstić information content (AvgIpc) is 2.65. The Labute approximate surface area is 90.5 Å². The van der Waals surface area contributed by atoms with Gasteiger partial charge in [0.25, 0.3) is 5.91 Å². The fourth-order valence-electron chi connectivity index (χ4n) is 1.11. The van der Waals surface area contributed by atoms with E-state index < -0.39 is 0 Å². The summed E-state index contributed by atoms with van der Waals surface area (Å²) in [6, 6.07) is 1.96. The van der Waals surface area contributed by atoms with Crippen LogP contribution in [-0.4, -0.2) is 22.1 Å². The molecule has 15 heavy (non-hydrogen) atoms. The van der Waals surface area contributed by atoms with E-state index in [0.717, 1.165) is 12.1 Å². The van der Waals surface area contributed by atoms with E-state index in [9.17, 15) is 4.79 Å². The molecule has 1 aromatic rings. The third kappa shape index (κ3) is 3.08. The molecule has 2 N–H and O–H groups in total. The molecule has 0 spiro atoms. The Morgan fingerprint density at radius 2 is 2.20 bits per heavy atom. The lowest BCUT2D eigenvalue weighted by atomic mass is 10.1. The van der Waals surface area contributed by atoms with Crippen molar-refractivity contribution in [2.75, 3.05) is 0 Å². The zero-order valence-electron chi connectivity index (χ0n) is 9.79. The third-order valence-electron chi connectivity index (χ3n) is 2.60. The first kappa shape index (κ1) is 11.8. The number of H-pyrrole nitrogens is 1. The first-order chi connectivity index (χ1) is 7.04. The highest BCUT2D eigenvalue weighted by Crippen LogP contribution is 2.04. The van der Waals surface area contributed by atoms with Gasteiger partial charge in [0.1, 0.15) is 5.69 Å². The Morgan fingerprint density at radius 3 is 2.67 bits per heavy atom. The van der Waals surface area contributed by atoms with Gasteiger partial charge in [-0.2, -0.15) is 5.10 Å². The predicted octanol–water partition coefficient (Wildman–Crippen LogP) is 1.75. The normalized spacial score (nSPS) is 12.9. The highest BCUT2D eigenvalue weighted by atomic mass is 16.2. The van der Waals surface area contributed by atoms with Gasteiger partial charge in [0.05, 0.1) is 0 Å². The molecule has 0 aliphatic rings. The van der Waals surface area contributed by atoms with E-state index in [4.69, 9.17) is 0 Å². The van der Waals surface area contributed by atoms with Gasteiger partial charge in [-0.3, -0.25) is 9.89 Å². The summed E-state index contributed by atoms with van der Waals surface area (Å²) in [5.41, 5.74) is 1.46. The van der Waals surface area contributed by atoms with Crippen molar-refractivity contribution >= 4 is 5.91 Å². The topological polar surface area (TPSA) is 57.8 Å². The molecule has 1 aromatic heterocycles. The van der Waals surface area contributed by atoms with Gasteiger partial charge in [-0.1, -0.05) is 20.8 Å². The molecule has 0 aliphatic carbocycles. The molecule has 1 rings (SSSR count). The van der Waals surface area contributed by atoms with Crippen LogP contribution in [-0.2, 0) is 6.42 Å². The number of rotatable bonds is 4. The van der Waals surface area contributed by atoms with Crippen LogP contribution < -0.4 is 5.32 Å². The minimum Gasteiger partial charge on any atom is -0.348 e. The zero-order chi connectivity index (χ0) is 11.4. The molecule has 4 heteroatoms. The van der Waals surface area contributed by atoms with E-state index in [2.05, 4.69) is 29.4 Å². The van der Waals surface area contributed by atoms with E-state index >= 15 is 0 Å². The maximum atomic E-state index is 11.7. The SMILES string of the molecule is CCc1cc(C(=O)NC(C)C(C)C)n[nH]1. The maximum Gasteiger partial charge on any atom is 0.271 e. The molecule has 0 fully saturated rings. The summed E-state index contributed by atoms with van der Waals surface area (Å²) in [6.45, 7) is 8.17. The Morgan fingerprint density at radius 1 is 1.53 bits per heavy atom. The minimum atomic E-state index is -0.104. The van der Waals surface area contributed by atoms with Crippen LogP contribution >= 0.6 is 0 Å². The highest BCUT2D eigenvalue weighted by molar-refractivity contribution is 5.92. The number of nitrogens with one attached hydrogen (secondary N) is 2. The maximum absolute atomic E-state index is 11.7. The van der Waals surface area contributed by atoms with Gasteiger partial charge in [-0.05, 0) is 25.3 Å². The highest BCUT2D eigenvalue weighted by Gasteiger charge is 2.14. The third-order valence-corrected chi connectivity index (χ3v) is 2.60. The fourth-order valence-corrected chi connectivity index (χ4v) is 1.11. The number of aromatic nitrogens is 2. The molecular weight excluding hydrogens is 190 g/mol. The summed E-state index contributed by atoms with van der Waals surface area (Å²) in [5, 5.41) is 9.70. The summed E-state index contributed by atoms with van der Waals surface area (Å²) in [7, 11) is 0. The summed E-state index contributed by atoms with van der Waals surface area (Å²) in [6.07, 6.45) is 0.861.